The lowest BCUT2D eigenvalue weighted by molar-refractivity contribution is -0.265. The van der Waals surface area contributed by atoms with E-state index >= 15 is 0 Å². The molecule has 0 radical (unpaired) electrons. The predicted octanol–water partition coefficient (Wildman–Crippen LogP) is 4.71. The molecule has 0 spiro atoms. The van der Waals surface area contributed by atoms with Gasteiger partial charge in [-0.25, -0.2) is 0 Å². The fourth-order valence-electron chi connectivity index (χ4n) is 1.48. The zero-order valence-corrected chi connectivity index (χ0v) is 10.9. The minimum Gasteiger partial charge on any atom is -0.376 e. The Morgan fingerprint density at radius 3 is 2.06 bits per heavy atom. The molecule has 0 aromatic heterocycles. The van der Waals surface area contributed by atoms with Gasteiger partial charge in [0.2, 0.25) is 0 Å². The van der Waals surface area contributed by atoms with Gasteiger partial charge < -0.3 is 5.11 Å². The van der Waals surface area contributed by atoms with Crippen molar-refractivity contribution in [3.63, 3.8) is 0 Å². The van der Waals surface area contributed by atoms with Crippen molar-refractivity contribution >= 4 is 23.2 Å². The molecule has 1 rings (SSSR count). The van der Waals surface area contributed by atoms with Crippen LogP contribution in [-0.4, -0.2) is 11.3 Å². The molecular formula is C12H11Cl2F3O. The van der Waals surface area contributed by atoms with Crippen molar-refractivity contribution in [1.29, 1.82) is 0 Å². The first kappa shape index (κ1) is 15.3. The Labute approximate surface area is 113 Å². The maximum atomic E-state index is 13.0. The molecule has 0 heterocycles. The Morgan fingerprint density at radius 2 is 1.67 bits per heavy atom. The maximum absolute atomic E-state index is 13.0. The second kappa shape index (κ2) is 5.51. The summed E-state index contributed by atoms with van der Waals surface area (Å²) < 4.78 is 39.0. The quantitative estimate of drug-likeness (QED) is 0.801. The summed E-state index contributed by atoms with van der Waals surface area (Å²) in [5.74, 6) is 0. The van der Waals surface area contributed by atoms with Crippen LogP contribution in [0.2, 0.25) is 10.0 Å². The molecule has 0 aliphatic heterocycles. The summed E-state index contributed by atoms with van der Waals surface area (Å²) in [5, 5.41) is 9.99. The molecule has 0 unspecified atom stereocenters. The lowest BCUT2D eigenvalue weighted by Crippen LogP contribution is -2.41. The number of allylic oxidation sites excluding steroid dienone is 1. The van der Waals surface area contributed by atoms with Crippen LogP contribution in [0.25, 0.3) is 0 Å². The van der Waals surface area contributed by atoms with Gasteiger partial charge in [-0.15, -0.1) is 0 Å². The Bertz CT molecular complexity index is 437. The standard InChI is InChI=1S/C12H11Cl2F3O/c1-2-3-4-11(18,12(15,16)17)8-5-9(13)7-10(14)6-8/h2-3,5-7,18H,4H2,1H3/b3-2-/t11-/m1/s1. The van der Waals surface area contributed by atoms with Crippen LogP contribution >= 0.6 is 23.2 Å². The van der Waals surface area contributed by atoms with E-state index in [0.29, 0.717) is 0 Å². The first-order valence-electron chi connectivity index (χ1n) is 5.07. The second-order valence-corrected chi connectivity index (χ2v) is 4.66. The molecule has 100 valence electrons. The number of hydrogen-bond acceptors (Lipinski definition) is 1. The van der Waals surface area contributed by atoms with Crippen LogP contribution in [0.1, 0.15) is 18.9 Å². The molecular weight excluding hydrogens is 288 g/mol. The molecule has 0 fully saturated rings. The molecule has 1 atom stereocenters. The molecule has 6 heteroatoms. The van der Waals surface area contributed by atoms with E-state index in [9.17, 15) is 18.3 Å². The van der Waals surface area contributed by atoms with Crippen LogP contribution in [0, 0.1) is 0 Å². The molecule has 1 aromatic carbocycles. The minimum absolute atomic E-state index is 0.0423. The average Bonchev–Trinajstić information content (AvgIpc) is 2.22. The predicted molar refractivity (Wildman–Crippen MR) is 65.8 cm³/mol. The number of hydrogen-bond donors (Lipinski definition) is 1. The molecule has 1 aromatic rings. The van der Waals surface area contributed by atoms with Crippen LogP contribution in [0.4, 0.5) is 13.2 Å². The molecule has 0 amide bonds. The Kier molecular flexibility index (Phi) is 4.70. The molecule has 0 saturated heterocycles. The van der Waals surface area contributed by atoms with Gasteiger partial charge in [0, 0.05) is 16.5 Å². The van der Waals surface area contributed by atoms with E-state index in [0.717, 1.165) is 12.1 Å². The number of benzene rings is 1. The second-order valence-electron chi connectivity index (χ2n) is 3.79. The average molecular weight is 299 g/mol. The lowest BCUT2D eigenvalue weighted by atomic mass is 9.89. The molecule has 18 heavy (non-hydrogen) atoms. The summed E-state index contributed by atoms with van der Waals surface area (Å²) in [5.41, 5.74) is -3.36. The van der Waals surface area contributed by atoms with E-state index in [1.54, 1.807) is 6.92 Å². The van der Waals surface area contributed by atoms with Crippen molar-refractivity contribution in [2.45, 2.75) is 25.1 Å². The zero-order chi connectivity index (χ0) is 14.0. The highest BCUT2D eigenvalue weighted by molar-refractivity contribution is 6.34. The van der Waals surface area contributed by atoms with Crippen molar-refractivity contribution < 1.29 is 18.3 Å². The summed E-state index contributed by atoms with van der Waals surface area (Å²) in [6.45, 7) is 1.57. The van der Waals surface area contributed by atoms with Crippen LogP contribution < -0.4 is 0 Å². The SMILES string of the molecule is C/C=C\C[C@@](O)(c1cc(Cl)cc(Cl)c1)C(F)(F)F. The highest BCUT2D eigenvalue weighted by Crippen LogP contribution is 2.43. The number of rotatable bonds is 3. The molecule has 1 N–H and O–H groups in total. The third kappa shape index (κ3) is 3.19. The molecule has 0 aliphatic rings. The van der Waals surface area contributed by atoms with Crippen molar-refractivity contribution in [2.24, 2.45) is 0 Å². The fraction of sp³-hybridized carbons (Fsp3) is 0.333. The van der Waals surface area contributed by atoms with E-state index in [-0.39, 0.29) is 15.6 Å². The van der Waals surface area contributed by atoms with E-state index in [1.807, 2.05) is 0 Å². The van der Waals surface area contributed by atoms with E-state index in [1.165, 1.54) is 18.2 Å². The van der Waals surface area contributed by atoms with Crippen molar-refractivity contribution in [3.8, 4) is 0 Å². The molecule has 0 aliphatic carbocycles. The van der Waals surface area contributed by atoms with Gasteiger partial charge in [0.25, 0.3) is 0 Å². The Morgan fingerprint density at radius 1 is 1.17 bits per heavy atom. The molecule has 1 nitrogen and oxygen atoms in total. The molecule has 0 saturated carbocycles. The summed E-state index contributed by atoms with van der Waals surface area (Å²) >= 11 is 11.3. The maximum Gasteiger partial charge on any atom is 0.421 e. The van der Waals surface area contributed by atoms with Crippen LogP contribution in [-0.2, 0) is 5.60 Å². The monoisotopic (exact) mass is 298 g/mol. The van der Waals surface area contributed by atoms with Gasteiger partial charge in [-0.2, -0.15) is 13.2 Å². The van der Waals surface area contributed by atoms with Gasteiger partial charge in [0.15, 0.2) is 5.60 Å². The van der Waals surface area contributed by atoms with E-state index in [4.69, 9.17) is 23.2 Å². The lowest BCUT2D eigenvalue weighted by Gasteiger charge is -2.30. The summed E-state index contributed by atoms with van der Waals surface area (Å²) in [6.07, 6.45) is -2.74. The highest BCUT2D eigenvalue weighted by Gasteiger charge is 2.54. The van der Waals surface area contributed by atoms with Crippen LogP contribution in [0.15, 0.2) is 30.4 Å². The highest BCUT2D eigenvalue weighted by atomic mass is 35.5. The van der Waals surface area contributed by atoms with Crippen molar-refractivity contribution in [1.82, 2.24) is 0 Å². The van der Waals surface area contributed by atoms with Gasteiger partial charge in [0.1, 0.15) is 0 Å². The largest absolute Gasteiger partial charge is 0.421 e. The van der Waals surface area contributed by atoms with Gasteiger partial charge in [-0.05, 0) is 30.7 Å². The van der Waals surface area contributed by atoms with Crippen molar-refractivity contribution in [2.75, 3.05) is 0 Å². The zero-order valence-electron chi connectivity index (χ0n) is 9.43. The third-order valence-electron chi connectivity index (χ3n) is 2.46. The number of aliphatic hydroxyl groups is 1. The van der Waals surface area contributed by atoms with Gasteiger partial charge in [0.05, 0.1) is 0 Å². The van der Waals surface area contributed by atoms with Crippen molar-refractivity contribution in [3.05, 3.63) is 46.0 Å². The first-order chi connectivity index (χ1) is 8.20. The summed E-state index contributed by atoms with van der Waals surface area (Å²) in [7, 11) is 0. The molecule has 0 bridgehead atoms. The normalized spacial score (nSPS) is 15.9. The van der Waals surface area contributed by atoms with Crippen LogP contribution in [0.3, 0.4) is 0 Å². The topological polar surface area (TPSA) is 20.2 Å². The summed E-state index contributed by atoms with van der Waals surface area (Å²) in [4.78, 5) is 0. The van der Waals surface area contributed by atoms with Crippen LogP contribution in [0.5, 0.6) is 0 Å². The summed E-state index contributed by atoms with van der Waals surface area (Å²) in [6, 6.07) is 3.42. The Hall–Kier alpha value is -0.710. The number of halogens is 5. The third-order valence-corrected chi connectivity index (χ3v) is 2.89. The smallest absolute Gasteiger partial charge is 0.376 e. The van der Waals surface area contributed by atoms with Gasteiger partial charge in [-0.3, -0.25) is 0 Å². The van der Waals surface area contributed by atoms with Gasteiger partial charge in [-0.1, -0.05) is 35.4 Å². The first-order valence-corrected chi connectivity index (χ1v) is 5.83. The number of alkyl halides is 3. The van der Waals surface area contributed by atoms with E-state index in [2.05, 4.69) is 0 Å². The van der Waals surface area contributed by atoms with Gasteiger partial charge >= 0.3 is 6.18 Å². The Balaban J connectivity index is 3.34. The minimum atomic E-state index is -4.82. The fourth-order valence-corrected chi connectivity index (χ4v) is 2.00. The van der Waals surface area contributed by atoms with E-state index < -0.39 is 18.2 Å².